The fraction of sp³-hybridized carbons (Fsp3) is 0. The lowest BCUT2D eigenvalue weighted by atomic mass is 9.93. The number of hydrogen-bond donors (Lipinski definition) is 0. The molecule has 2 heterocycles. The first-order valence-electron chi connectivity index (χ1n) is 17.3. The fourth-order valence-corrected chi connectivity index (χ4v) is 7.47. The number of benzene rings is 8. The first kappa shape index (κ1) is 29.1. The molecule has 0 N–H and O–H groups in total. The molecular weight excluding hydrogens is 623 g/mol. The summed E-state index contributed by atoms with van der Waals surface area (Å²) < 4.78 is 12.6. The highest BCUT2D eigenvalue weighted by Crippen LogP contribution is 2.49. The van der Waals surface area contributed by atoms with Crippen LogP contribution in [0.25, 0.3) is 66.4 Å². The van der Waals surface area contributed by atoms with Crippen molar-refractivity contribution in [3.8, 4) is 56.0 Å². The molecule has 0 unspecified atom stereocenters. The van der Waals surface area contributed by atoms with Gasteiger partial charge in [-0.15, -0.1) is 0 Å². The van der Waals surface area contributed by atoms with Crippen molar-refractivity contribution in [2.24, 2.45) is 0 Å². The van der Waals surface area contributed by atoms with Gasteiger partial charge in [-0.1, -0.05) is 127 Å². The zero-order valence-electron chi connectivity index (χ0n) is 27.7. The van der Waals surface area contributed by atoms with Crippen LogP contribution in [0.1, 0.15) is 0 Å². The van der Waals surface area contributed by atoms with E-state index in [0.29, 0.717) is 0 Å². The van der Waals surface area contributed by atoms with Crippen LogP contribution in [-0.4, -0.2) is 0 Å². The maximum Gasteiger partial charge on any atom is 0.135 e. The predicted molar refractivity (Wildman–Crippen MR) is 210 cm³/mol. The molecule has 0 atom stereocenters. The van der Waals surface area contributed by atoms with E-state index in [-0.39, 0.29) is 0 Å². The molecule has 10 rings (SSSR count). The van der Waals surface area contributed by atoms with Gasteiger partial charge in [-0.2, -0.15) is 0 Å². The second kappa shape index (κ2) is 11.9. The molecule has 1 aromatic heterocycles. The van der Waals surface area contributed by atoms with Gasteiger partial charge in [-0.3, -0.25) is 0 Å². The highest BCUT2D eigenvalue weighted by molar-refractivity contribution is 6.06. The Morgan fingerprint density at radius 1 is 0.333 bits per heavy atom. The van der Waals surface area contributed by atoms with E-state index in [2.05, 4.69) is 163 Å². The van der Waals surface area contributed by atoms with Gasteiger partial charge in [-0.05, 0) is 88.5 Å². The Balaban J connectivity index is 1.15. The van der Waals surface area contributed by atoms with E-state index in [1.807, 2.05) is 30.3 Å². The summed E-state index contributed by atoms with van der Waals surface area (Å²) in [5.41, 5.74) is 14.1. The molecule has 8 aromatic carbocycles. The number of fused-ring (bicyclic) bond motifs is 8. The predicted octanol–water partition coefficient (Wildman–Crippen LogP) is 13.8. The second-order valence-corrected chi connectivity index (χ2v) is 12.9. The Labute approximate surface area is 296 Å². The van der Waals surface area contributed by atoms with Crippen molar-refractivity contribution in [2.75, 3.05) is 4.90 Å². The van der Waals surface area contributed by atoms with Gasteiger partial charge in [0.1, 0.15) is 22.7 Å². The van der Waals surface area contributed by atoms with Crippen molar-refractivity contribution in [1.82, 2.24) is 0 Å². The Morgan fingerprint density at radius 3 is 1.75 bits per heavy atom. The minimum Gasteiger partial charge on any atom is -0.456 e. The van der Waals surface area contributed by atoms with Crippen LogP contribution >= 0.6 is 0 Å². The summed E-state index contributed by atoms with van der Waals surface area (Å²) in [6.45, 7) is 0. The van der Waals surface area contributed by atoms with Crippen molar-refractivity contribution in [1.29, 1.82) is 0 Å². The third-order valence-electron chi connectivity index (χ3n) is 9.90. The molecule has 1 aliphatic heterocycles. The summed E-state index contributed by atoms with van der Waals surface area (Å²) in [6, 6.07) is 66.3. The van der Waals surface area contributed by atoms with Crippen molar-refractivity contribution in [3.05, 3.63) is 188 Å². The zero-order valence-corrected chi connectivity index (χ0v) is 27.7. The summed E-state index contributed by atoms with van der Waals surface area (Å²) in [4.78, 5) is 2.37. The van der Waals surface area contributed by atoms with Crippen LogP contribution in [0.4, 0.5) is 17.1 Å². The topological polar surface area (TPSA) is 25.6 Å². The summed E-state index contributed by atoms with van der Waals surface area (Å²) >= 11 is 0. The molecule has 0 radical (unpaired) electrons. The monoisotopic (exact) mass is 653 g/mol. The van der Waals surface area contributed by atoms with Crippen LogP contribution in [0.5, 0.6) is 11.5 Å². The average Bonchev–Trinajstić information content (AvgIpc) is 3.50. The second-order valence-electron chi connectivity index (χ2n) is 12.9. The minimum atomic E-state index is 0.851. The highest BCUT2D eigenvalue weighted by atomic mass is 16.5. The summed E-state index contributed by atoms with van der Waals surface area (Å²) in [5, 5.41) is 2.26. The lowest BCUT2D eigenvalue weighted by Gasteiger charge is -2.29. The molecule has 0 saturated carbocycles. The van der Waals surface area contributed by atoms with E-state index < -0.39 is 0 Å². The van der Waals surface area contributed by atoms with Gasteiger partial charge in [0, 0.05) is 38.8 Å². The molecule has 0 fully saturated rings. The van der Waals surface area contributed by atoms with Crippen LogP contribution in [0.2, 0.25) is 0 Å². The van der Waals surface area contributed by atoms with Crippen molar-refractivity contribution in [3.63, 3.8) is 0 Å². The van der Waals surface area contributed by atoms with Gasteiger partial charge in [0.05, 0.1) is 5.69 Å². The maximum atomic E-state index is 6.51. The molecule has 0 aliphatic carbocycles. The standard InChI is InChI=1S/C48H31NO2/c1-2-12-33(13-3-1)37-14-4-8-18-44(37)49(35-25-22-32(23-26-35)34-24-29-48-43(30-34)41-17-7-11-21-47(41)51-48)36-27-28-38-39-15-5-9-19-45(39)50-46-20-10-6-16-40(46)42(38)31-36/h1-31H. The SMILES string of the molecule is c1ccc(-c2ccccc2N(c2ccc(-c3ccc4oc5ccccc5c4c3)cc2)c2ccc3c(c2)-c2ccccc2Oc2ccccc2-3)cc1. The highest BCUT2D eigenvalue weighted by Gasteiger charge is 2.24. The van der Waals surface area contributed by atoms with E-state index in [9.17, 15) is 0 Å². The largest absolute Gasteiger partial charge is 0.456 e. The first-order chi connectivity index (χ1) is 25.3. The van der Waals surface area contributed by atoms with E-state index in [1.165, 1.54) is 0 Å². The number of para-hydroxylation sites is 4. The maximum absolute atomic E-state index is 6.51. The molecule has 0 saturated heterocycles. The van der Waals surface area contributed by atoms with Crippen LogP contribution in [0.3, 0.4) is 0 Å². The Morgan fingerprint density at radius 2 is 0.941 bits per heavy atom. The molecule has 3 heteroatoms. The number of anilines is 3. The van der Waals surface area contributed by atoms with Crippen LogP contribution < -0.4 is 9.64 Å². The number of hydrogen-bond acceptors (Lipinski definition) is 3. The molecule has 0 amide bonds. The molecule has 0 bridgehead atoms. The third kappa shape index (κ3) is 4.98. The summed E-state index contributed by atoms with van der Waals surface area (Å²) in [5.74, 6) is 1.71. The van der Waals surface area contributed by atoms with E-state index >= 15 is 0 Å². The third-order valence-corrected chi connectivity index (χ3v) is 9.90. The van der Waals surface area contributed by atoms with E-state index in [4.69, 9.17) is 9.15 Å². The van der Waals surface area contributed by atoms with Gasteiger partial charge < -0.3 is 14.1 Å². The van der Waals surface area contributed by atoms with Crippen molar-refractivity contribution < 1.29 is 9.15 Å². The Hall–Kier alpha value is -6.84. The van der Waals surface area contributed by atoms with Crippen LogP contribution in [0.15, 0.2) is 192 Å². The van der Waals surface area contributed by atoms with Crippen molar-refractivity contribution in [2.45, 2.75) is 0 Å². The fourth-order valence-electron chi connectivity index (χ4n) is 7.47. The molecule has 51 heavy (non-hydrogen) atoms. The lowest BCUT2D eigenvalue weighted by Crippen LogP contribution is -2.11. The van der Waals surface area contributed by atoms with Gasteiger partial charge in [0.2, 0.25) is 0 Å². The number of rotatable bonds is 5. The number of furan rings is 1. The van der Waals surface area contributed by atoms with Gasteiger partial charge in [-0.25, -0.2) is 0 Å². The van der Waals surface area contributed by atoms with Gasteiger partial charge >= 0.3 is 0 Å². The van der Waals surface area contributed by atoms with E-state index in [1.54, 1.807) is 0 Å². The average molecular weight is 654 g/mol. The molecule has 240 valence electrons. The normalized spacial score (nSPS) is 11.7. The molecule has 1 aliphatic rings. The zero-order chi connectivity index (χ0) is 33.7. The quantitative estimate of drug-likeness (QED) is 0.185. The smallest absolute Gasteiger partial charge is 0.135 e. The van der Waals surface area contributed by atoms with Gasteiger partial charge in [0.25, 0.3) is 0 Å². The number of nitrogens with zero attached hydrogens (tertiary/aromatic N) is 1. The summed E-state index contributed by atoms with van der Waals surface area (Å²) in [7, 11) is 0. The Bertz CT molecular complexity index is 2730. The van der Waals surface area contributed by atoms with Crippen molar-refractivity contribution >= 4 is 39.0 Å². The minimum absolute atomic E-state index is 0.851. The lowest BCUT2D eigenvalue weighted by molar-refractivity contribution is 0.488. The van der Waals surface area contributed by atoms with Gasteiger partial charge in [0.15, 0.2) is 0 Å². The first-order valence-corrected chi connectivity index (χ1v) is 17.3. The Kier molecular flexibility index (Phi) is 6.81. The number of ether oxygens (including phenoxy) is 1. The van der Waals surface area contributed by atoms with Crippen LogP contribution in [0, 0.1) is 0 Å². The summed E-state index contributed by atoms with van der Waals surface area (Å²) in [6.07, 6.45) is 0. The molecule has 3 nitrogen and oxygen atoms in total. The molecule has 9 aromatic rings. The molecule has 0 spiro atoms. The molecular formula is C48H31NO2. The van der Waals surface area contributed by atoms with E-state index in [0.717, 1.165) is 95.0 Å². The van der Waals surface area contributed by atoms with Crippen LogP contribution in [-0.2, 0) is 0 Å².